The molecule has 7 rings (SSSR count). The van der Waals surface area contributed by atoms with Crippen LogP contribution < -0.4 is 67.9 Å². The van der Waals surface area contributed by atoms with Crippen LogP contribution in [-0.4, -0.2) is 34.2 Å². The molecule has 0 spiro atoms. The van der Waals surface area contributed by atoms with Crippen molar-refractivity contribution >= 4 is 67.9 Å². The summed E-state index contributed by atoms with van der Waals surface area (Å²) in [5.41, 5.74) is 10.5. The largest absolute Gasteiger partial charge is 1.00 e. The van der Waals surface area contributed by atoms with Crippen LogP contribution in [0.5, 0.6) is 0 Å². The minimum absolute atomic E-state index is 0. The van der Waals surface area contributed by atoms with Gasteiger partial charge in [-0.05, 0) is 73.5 Å². The van der Waals surface area contributed by atoms with Crippen molar-refractivity contribution in [2.75, 3.05) is 0 Å². The summed E-state index contributed by atoms with van der Waals surface area (Å²) in [6.45, 7) is 5.95. The van der Waals surface area contributed by atoms with Gasteiger partial charge in [-0.1, -0.05) is 24.3 Å². The average Bonchev–Trinajstić information content (AvgIpc) is 3.13. The van der Waals surface area contributed by atoms with Gasteiger partial charge in [-0.25, -0.2) is 20.8 Å². The number of hydrazone groups is 2. The molecule has 0 unspecified atom stereocenters. The van der Waals surface area contributed by atoms with E-state index in [1.165, 1.54) is 0 Å². The number of nitrogens with one attached hydrogen (secondary N) is 2. The van der Waals surface area contributed by atoms with E-state index in [1.54, 1.807) is 36.7 Å². The van der Waals surface area contributed by atoms with Crippen molar-refractivity contribution in [2.24, 2.45) is 10.2 Å². The zero-order chi connectivity index (χ0) is 33.0. The number of aromatic nitrogens is 4. The van der Waals surface area contributed by atoms with Crippen LogP contribution in [0.25, 0.3) is 43.6 Å². The molecule has 10 nitrogen and oxygen atoms in total. The van der Waals surface area contributed by atoms with Crippen molar-refractivity contribution in [1.29, 1.82) is 0 Å². The lowest BCUT2D eigenvalue weighted by atomic mass is 10.1. The summed E-state index contributed by atoms with van der Waals surface area (Å²) in [6, 6.07) is 30.8. The predicted molar refractivity (Wildman–Crippen MR) is 187 cm³/mol. The molecule has 3 aromatic carbocycles. The van der Waals surface area contributed by atoms with Crippen LogP contribution >= 0.6 is 0 Å². The first kappa shape index (κ1) is 36.3. The number of rotatable bonds is 8. The van der Waals surface area contributed by atoms with Crippen molar-refractivity contribution in [1.82, 2.24) is 20.8 Å². The van der Waals surface area contributed by atoms with Crippen molar-refractivity contribution < 1.29 is 66.7 Å². The summed E-state index contributed by atoms with van der Waals surface area (Å²) in [6.07, 6.45) is 7.30. The van der Waals surface area contributed by atoms with Crippen LogP contribution in [0.15, 0.2) is 120 Å². The Morgan fingerprint density at radius 2 is 1.02 bits per heavy atom. The van der Waals surface area contributed by atoms with Gasteiger partial charge in [-0.3, -0.25) is 9.59 Å². The smallest absolute Gasteiger partial charge is 0.289 e. The third-order valence-electron chi connectivity index (χ3n) is 8.23. The summed E-state index contributed by atoms with van der Waals surface area (Å²) < 4.78 is 4.33. The zero-order valence-electron chi connectivity index (χ0n) is 27.2. The Hall–Kier alpha value is -4.96. The first-order chi connectivity index (χ1) is 23.5. The van der Waals surface area contributed by atoms with Gasteiger partial charge in [0.05, 0.1) is 23.5 Å². The van der Waals surface area contributed by atoms with E-state index in [1.807, 2.05) is 85.2 Å². The monoisotopic (exact) mass is 886 g/mol. The molecule has 0 bridgehead atoms. The summed E-state index contributed by atoms with van der Waals surface area (Å²) in [5, 5.41) is 12.1. The summed E-state index contributed by atoms with van der Waals surface area (Å²) in [5.74, 6) is -0.924. The molecule has 0 saturated heterocycles. The second-order valence-electron chi connectivity index (χ2n) is 11.2. The van der Waals surface area contributed by atoms with Crippen LogP contribution in [0, 0.1) is 0 Å². The first-order valence-corrected chi connectivity index (χ1v) is 15.7. The minimum atomic E-state index is -0.462. The van der Waals surface area contributed by atoms with E-state index in [-0.39, 0.29) is 59.3 Å². The molecule has 2 amide bonds. The molecule has 0 atom stereocenters. The highest BCUT2D eigenvalue weighted by atomic mass is 127. The Bertz CT molecular complexity index is 2280. The number of aryl methyl sites for hydroxylation is 2. The van der Waals surface area contributed by atoms with E-state index in [0.717, 1.165) is 56.8 Å². The molecule has 4 heterocycles. The number of carbonyl (C=O) groups excluding carboxylic acids is 2. The maximum absolute atomic E-state index is 13.0. The number of halogens is 2. The molecule has 7 aromatic rings. The van der Waals surface area contributed by atoms with Gasteiger partial charge in [0.15, 0.2) is 12.4 Å². The molecule has 0 fully saturated rings. The number of hydrogen-bond acceptors (Lipinski definition) is 6. The van der Waals surface area contributed by atoms with E-state index in [0.29, 0.717) is 11.0 Å². The fraction of sp³-hybridized carbons (Fsp3) is 0.105. The Morgan fingerprint density at radius 3 is 1.44 bits per heavy atom. The third kappa shape index (κ3) is 7.60. The second kappa shape index (κ2) is 16.2. The number of pyridine rings is 4. The van der Waals surface area contributed by atoms with Crippen molar-refractivity contribution in [3.63, 3.8) is 0 Å². The number of fused-ring (bicyclic) bond motifs is 5. The van der Waals surface area contributed by atoms with E-state index >= 15 is 0 Å². The fourth-order valence-electron chi connectivity index (χ4n) is 5.78. The topological polar surface area (TPSA) is 116 Å². The molecule has 0 aliphatic carbocycles. The molecule has 4 aromatic heterocycles. The Balaban J connectivity index is 0.00000243. The van der Waals surface area contributed by atoms with Crippen LogP contribution in [0.3, 0.4) is 0 Å². The summed E-state index contributed by atoms with van der Waals surface area (Å²) >= 11 is 0. The summed E-state index contributed by atoms with van der Waals surface area (Å²) in [4.78, 5) is 35.3. The van der Waals surface area contributed by atoms with Crippen LogP contribution in [0.1, 0.15) is 46.0 Å². The number of amides is 2. The molecule has 0 aliphatic heterocycles. The molecule has 0 aliphatic rings. The van der Waals surface area contributed by atoms with Gasteiger partial charge in [0.25, 0.3) is 11.8 Å². The lowest BCUT2D eigenvalue weighted by Gasteiger charge is -2.07. The van der Waals surface area contributed by atoms with Gasteiger partial charge >= 0.3 is 0 Å². The molecule has 2 N–H and O–H groups in total. The first-order valence-electron chi connectivity index (χ1n) is 15.7. The maximum atomic E-state index is 13.0. The Morgan fingerprint density at radius 1 is 0.600 bits per heavy atom. The van der Waals surface area contributed by atoms with Gasteiger partial charge in [-0.2, -0.15) is 19.3 Å². The standard InChI is InChI=1S/C38H30N8O2.2HI/c1-3-45-19-5-7-29-21-25(9-17-33(29)45)23-39-43-37(47)31-15-13-27-11-12-28-14-16-32(42-36(28)35(27)41-31)38(48)44-40-24-26-10-18-34-30(22-26)8-6-20-46(34)4-2;;/h5-24H,3-4H2,1-2H3;2*1H/b39-23+,40-24+;;. The molecular weight excluding hydrogens is 854 g/mol. The molecular formula is C38H32I2N8O2. The van der Waals surface area contributed by atoms with Crippen LogP contribution in [-0.2, 0) is 13.1 Å². The fourth-order valence-corrected chi connectivity index (χ4v) is 5.78. The lowest BCUT2D eigenvalue weighted by Crippen LogP contribution is -3.00. The summed E-state index contributed by atoms with van der Waals surface area (Å²) in [7, 11) is 0. The van der Waals surface area contributed by atoms with Gasteiger partial charge in [-0.15, -0.1) is 0 Å². The average molecular weight is 887 g/mol. The highest BCUT2D eigenvalue weighted by Gasteiger charge is 2.14. The second-order valence-corrected chi connectivity index (χ2v) is 11.2. The molecule has 50 heavy (non-hydrogen) atoms. The van der Waals surface area contributed by atoms with E-state index in [4.69, 9.17) is 0 Å². The minimum Gasteiger partial charge on any atom is -1.00 e. The van der Waals surface area contributed by atoms with Crippen LogP contribution in [0.2, 0.25) is 0 Å². The Labute approximate surface area is 322 Å². The van der Waals surface area contributed by atoms with Gasteiger partial charge in [0.1, 0.15) is 24.5 Å². The molecule has 250 valence electrons. The molecule has 0 saturated carbocycles. The Kier molecular flexibility index (Phi) is 11.7. The number of nitrogens with zero attached hydrogens (tertiary/aromatic N) is 6. The van der Waals surface area contributed by atoms with Crippen LogP contribution in [0.4, 0.5) is 0 Å². The van der Waals surface area contributed by atoms with Crippen molar-refractivity contribution in [2.45, 2.75) is 26.9 Å². The quantitative estimate of drug-likeness (QED) is 0.0688. The maximum Gasteiger partial charge on any atom is 0.289 e. The van der Waals surface area contributed by atoms with Gasteiger partial charge < -0.3 is 48.0 Å². The highest BCUT2D eigenvalue weighted by Crippen LogP contribution is 2.23. The van der Waals surface area contributed by atoms with E-state index in [2.05, 4.69) is 54.0 Å². The van der Waals surface area contributed by atoms with E-state index in [9.17, 15) is 9.59 Å². The van der Waals surface area contributed by atoms with Gasteiger partial charge in [0.2, 0.25) is 11.0 Å². The predicted octanol–water partition coefficient (Wildman–Crippen LogP) is -0.760. The SMILES string of the molecule is CC[n+]1cccc2cc(/C=N/NC(=O)c3ccc4ccc5ccc(C(=O)N/N=C/c6ccc7c(ccc[n+]7CC)c6)nc5c4n3)ccc21.[I-].[I-]. The van der Waals surface area contributed by atoms with E-state index < -0.39 is 11.8 Å². The lowest BCUT2D eigenvalue weighted by molar-refractivity contribution is -0.668. The third-order valence-corrected chi connectivity index (χ3v) is 8.23. The normalized spacial score (nSPS) is 11.2. The van der Waals surface area contributed by atoms with Gasteiger partial charge in [0, 0.05) is 45.8 Å². The van der Waals surface area contributed by atoms with Crippen molar-refractivity contribution in [3.8, 4) is 0 Å². The molecule has 12 heteroatoms. The number of carbonyl (C=O) groups is 2. The number of hydrogen-bond donors (Lipinski definition) is 2. The highest BCUT2D eigenvalue weighted by molar-refractivity contribution is 6.06. The molecule has 0 radical (unpaired) electrons. The van der Waals surface area contributed by atoms with Crippen molar-refractivity contribution in [3.05, 3.63) is 132 Å². The zero-order valence-corrected chi connectivity index (χ0v) is 31.5. The number of benzene rings is 3.